The van der Waals surface area contributed by atoms with Gasteiger partial charge in [-0.05, 0) is 12.1 Å². The lowest BCUT2D eigenvalue weighted by Gasteiger charge is -2.10. The van der Waals surface area contributed by atoms with Gasteiger partial charge in [0.25, 0.3) is 0 Å². The van der Waals surface area contributed by atoms with E-state index in [0.29, 0.717) is 5.56 Å². The third kappa shape index (κ3) is 1.68. The minimum absolute atomic E-state index is 0.175. The number of aliphatic imine (C=N–C) groups is 1. The summed E-state index contributed by atoms with van der Waals surface area (Å²) < 4.78 is 58.6. The summed E-state index contributed by atoms with van der Waals surface area (Å²) in [5, 5.41) is 0. The first kappa shape index (κ1) is 11.7. The summed E-state index contributed by atoms with van der Waals surface area (Å²) in [4.78, 5) is 3.62. The Kier molecular flexibility index (Phi) is 2.51. The van der Waals surface area contributed by atoms with Crippen LogP contribution in [0.15, 0.2) is 29.3 Å². The Bertz CT molecular complexity index is 712. The van der Waals surface area contributed by atoms with E-state index < -0.39 is 34.7 Å². The quantitative estimate of drug-likeness (QED) is 0.341. The molecule has 19 heavy (non-hydrogen) atoms. The van der Waals surface area contributed by atoms with E-state index in [9.17, 15) is 17.6 Å². The monoisotopic (exact) mass is 267 g/mol. The zero-order chi connectivity index (χ0) is 13.6. The standard InChI is InChI=1S/C13H5F4NO/c14-8-9(15)11(17)13-12(10(8)16)18-5-6-3-1-2-4-7(6)19-13/h1-5H. The summed E-state index contributed by atoms with van der Waals surface area (Å²) in [6, 6.07) is 6.34. The van der Waals surface area contributed by atoms with Crippen molar-refractivity contribution in [2.45, 2.75) is 0 Å². The Morgan fingerprint density at radius 3 is 2.32 bits per heavy atom. The molecule has 0 saturated carbocycles. The predicted molar refractivity (Wildman–Crippen MR) is 60.0 cm³/mol. The molecule has 1 aliphatic rings. The molecular formula is C13H5F4NO. The summed E-state index contributed by atoms with van der Waals surface area (Å²) in [6.07, 6.45) is 1.20. The van der Waals surface area contributed by atoms with Gasteiger partial charge in [-0.25, -0.2) is 18.2 Å². The van der Waals surface area contributed by atoms with Crippen LogP contribution in [0.5, 0.6) is 11.5 Å². The molecule has 0 fully saturated rings. The van der Waals surface area contributed by atoms with Gasteiger partial charge in [0.1, 0.15) is 11.4 Å². The number of benzene rings is 2. The molecule has 0 aliphatic carbocycles. The van der Waals surface area contributed by atoms with Gasteiger partial charge in [-0.15, -0.1) is 0 Å². The Morgan fingerprint density at radius 1 is 0.842 bits per heavy atom. The van der Waals surface area contributed by atoms with E-state index in [0.717, 1.165) is 0 Å². The molecule has 0 saturated heterocycles. The SMILES string of the molecule is Fc1c(F)c(F)c2c(c1F)N=Cc1ccccc1O2. The molecule has 2 aromatic rings. The average molecular weight is 267 g/mol. The molecule has 0 aromatic heterocycles. The first-order valence-corrected chi connectivity index (χ1v) is 5.26. The predicted octanol–water partition coefficient (Wildman–Crippen LogP) is 4.10. The number of hydrogen-bond acceptors (Lipinski definition) is 2. The molecule has 1 aliphatic heterocycles. The minimum Gasteiger partial charge on any atom is -0.451 e. The molecule has 2 nitrogen and oxygen atoms in total. The molecule has 0 unspecified atom stereocenters. The molecule has 96 valence electrons. The second-order valence-corrected chi connectivity index (χ2v) is 3.83. The van der Waals surface area contributed by atoms with E-state index in [4.69, 9.17) is 4.74 Å². The molecule has 0 spiro atoms. The summed E-state index contributed by atoms with van der Waals surface area (Å²) in [7, 11) is 0. The topological polar surface area (TPSA) is 21.6 Å². The molecule has 0 N–H and O–H groups in total. The largest absolute Gasteiger partial charge is 0.451 e. The van der Waals surface area contributed by atoms with Crippen molar-refractivity contribution in [3.63, 3.8) is 0 Å². The van der Waals surface area contributed by atoms with Gasteiger partial charge in [0.2, 0.25) is 11.6 Å². The van der Waals surface area contributed by atoms with Crippen LogP contribution in [0.1, 0.15) is 5.56 Å². The fourth-order valence-corrected chi connectivity index (χ4v) is 1.73. The average Bonchev–Trinajstić information content (AvgIpc) is 2.62. The third-order valence-electron chi connectivity index (χ3n) is 2.66. The maximum atomic E-state index is 13.6. The van der Waals surface area contributed by atoms with Gasteiger partial charge in [0.15, 0.2) is 17.4 Å². The zero-order valence-electron chi connectivity index (χ0n) is 9.25. The highest BCUT2D eigenvalue weighted by Crippen LogP contribution is 2.41. The van der Waals surface area contributed by atoms with Gasteiger partial charge in [-0.2, -0.15) is 4.39 Å². The van der Waals surface area contributed by atoms with Crippen LogP contribution in [0.4, 0.5) is 23.2 Å². The van der Waals surface area contributed by atoms with E-state index in [1.54, 1.807) is 18.2 Å². The van der Waals surface area contributed by atoms with Crippen LogP contribution in [0.2, 0.25) is 0 Å². The highest BCUT2D eigenvalue weighted by atomic mass is 19.2. The summed E-state index contributed by atoms with van der Waals surface area (Å²) in [5.74, 6) is -7.62. The third-order valence-corrected chi connectivity index (χ3v) is 2.66. The number of ether oxygens (including phenoxy) is 1. The van der Waals surface area contributed by atoms with E-state index in [-0.39, 0.29) is 5.75 Å². The number of fused-ring (bicyclic) bond motifs is 2. The number of para-hydroxylation sites is 1. The lowest BCUT2D eigenvalue weighted by atomic mass is 10.2. The molecule has 0 atom stereocenters. The Morgan fingerprint density at radius 2 is 1.53 bits per heavy atom. The molecule has 0 radical (unpaired) electrons. The van der Waals surface area contributed by atoms with Crippen LogP contribution < -0.4 is 4.74 Å². The molecular weight excluding hydrogens is 262 g/mol. The van der Waals surface area contributed by atoms with Gasteiger partial charge >= 0.3 is 0 Å². The van der Waals surface area contributed by atoms with E-state index in [1.165, 1.54) is 12.3 Å². The minimum atomic E-state index is -1.93. The van der Waals surface area contributed by atoms with Crippen molar-refractivity contribution in [3.05, 3.63) is 53.1 Å². The molecule has 6 heteroatoms. The fraction of sp³-hybridized carbons (Fsp3) is 0. The second kappa shape index (κ2) is 4.08. The van der Waals surface area contributed by atoms with Crippen molar-refractivity contribution in [2.24, 2.45) is 4.99 Å². The van der Waals surface area contributed by atoms with Gasteiger partial charge in [0.05, 0.1) is 0 Å². The van der Waals surface area contributed by atoms with Crippen LogP contribution in [-0.2, 0) is 0 Å². The van der Waals surface area contributed by atoms with Crippen molar-refractivity contribution in [1.29, 1.82) is 0 Å². The van der Waals surface area contributed by atoms with E-state index >= 15 is 0 Å². The van der Waals surface area contributed by atoms with Crippen molar-refractivity contribution in [1.82, 2.24) is 0 Å². The number of hydrogen-bond donors (Lipinski definition) is 0. The van der Waals surface area contributed by atoms with Gasteiger partial charge in [0, 0.05) is 11.8 Å². The van der Waals surface area contributed by atoms with Crippen LogP contribution in [-0.4, -0.2) is 6.21 Å². The van der Waals surface area contributed by atoms with Gasteiger partial charge in [-0.1, -0.05) is 12.1 Å². The fourth-order valence-electron chi connectivity index (χ4n) is 1.73. The number of rotatable bonds is 0. The normalized spacial score (nSPS) is 12.4. The van der Waals surface area contributed by atoms with Crippen molar-refractivity contribution in [3.8, 4) is 11.5 Å². The van der Waals surface area contributed by atoms with E-state index in [2.05, 4.69) is 4.99 Å². The molecule has 0 bridgehead atoms. The lowest BCUT2D eigenvalue weighted by molar-refractivity contribution is 0.374. The first-order valence-electron chi connectivity index (χ1n) is 5.26. The second-order valence-electron chi connectivity index (χ2n) is 3.83. The smallest absolute Gasteiger partial charge is 0.206 e. The van der Waals surface area contributed by atoms with Gasteiger partial charge < -0.3 is 4.74 Å². The lowest BCUT2D eigenvalue weighted by Crippen LogP contribution is -2.00. The van der Waals surface area contributed by atoms with Crippen molar-refractivity contribution < 1.29 is 22.3 Å². The molecule has 0 amide bonds. The molecule has 1 heterocycles. The molecule has 3 rings (SSSR count). The zero-order valence-corrected chi connectivity index (χ0v) is 9.25. The Labute approximate surface area is 105 Å². The van der Waals surface area contributed by atoms with Crippen molar-refractivity contribution in [2.75, 3.05) is 0 Å². The van der Waals surface area contributed by atoms with Crippen LogP contribution in [0.3, 0.4) is 0 Å². The van der Waals surface area contributed by atoms with Crippen LogP contribution in [0, 0.1) is 23.3 Å². The number of halogens is 4. The summed E-state index contributed by atoms with van der Waals surface area (Å²) in [6.45, 7) is 0. The van der Waals surface area contributed by atoms with Gasteiger partial charge in [-0.3, -0.25) is 0 Å². The van der Waals surface area contributed by atoms with E-state index in [1.807, 2.05) is 0 Å². The van der Waals surface area contributed by atoms with Crippen LogP contribution >= 0.6 is 0 Å². The number of nitrogens with zero attached hydrogens (tertiary/aromatic N) is 1. The Hall–Kier alpha value is -2.37. The summed E-state index contributed by atoms with van der Waals surface area (Å²) in [5.41, 5.74) is -0.258. The highest BCUT2D eigenvalue weighted by Gasteiger charge is 2.28. The highest BCUT2D eigenvalue weighted by molar-refractivity contribution is 5.87. The summed E-state index contributed by atoms with van der Waals surface area (Å²) >= 11 is 0. The first-order chi connectivity index (χ1) is 9.09. The Balaban J connectivity index is 2.31. The molecule has 2 aromatic carbocycles. The maximum absolute atomic E-state index is 13.6. The maximum Gasteiger partial charge on any atom is 0.206 e. The van der Waals surface area contributed by atoms with Crippen LogP contribution in [0.25, 0.3) is 0 Å². The van der Waals surface area contributed by atoms with Crippen molar-refractivity contribution >= 4 is 11.9 Å².